The van der Waals surface area contributed by atoms with Gasteiger partial charge in [-0.25, -0.2) is 0 Å². The van der Waals surface area contributed by atoms with Gasteiger partial charge in [-0.2, -0.15) is 13.2 Å². The summed E-state index contributed by atoms with van der Waals surface area (Å²) in [5.41, 5.74) is -0.117. The molecule has 1 heterocycles. The van der Waals surface area contributed by atoms with Crippen molar-refractivity contribution in [1.82, 2.24) is 4.98 Å². The van der Waals surface area contributed by atoms with Gasteiger partial charge in [0.1, 0.15) is 0 Å². The first-order chi connectivity index (χ1) is 8.79. The summed E-state index contributed by atoms with van der Waals surface area (Å²) >= 11 is 17.6. The van der Waals surface area contributed by atoms with Crippen molar-refractivity contribution in [3.63, 3.8) is 0 Å². The van der Waals surface area contributed by atoms with Crippen molar-refractivity contribution >= 4 is 34.8 Å². The van der Waals surface area contributed by atoms with Crippen LogP contribution in [0, 0.1) is 0 Å². The third-order valence-corrected chi connectivity index (χ3v) is 3.41. The number of benzene rings is 1. The molecule has 1 nitrogen and oxygen atoms in total. The Morgan fingerprint density at radius 1 is 0.895 bits per heavy atom. The van der Waals surface area contributed by atoms with Crippen molar-refractivity contribution in [3.05, 3.63) is 51.1 Å². The van der Waals surface area contributed by atoms with Crippen LogP contribution in [0.3, 0.4) is 0 Å². The Hall–Kier alpha value is -0.970. The maximum Gasteiger partial charge on any atom is 0.417 e. The van der Waals surface area contributed by atoms with Crippen LogP contribution in [-0.2, 0) is 6.18 Å². The smallest absolute Gasteiger partial charge is 0.256 e. The Labute approximate surface area is 121 Å². The summed E-state index contributed by atoms with van der Waals surface area (Å²) in [6.45, 7) is 0. The minimum Gasteiger partial charge on any atom is -0.256 e. The number of aromatic nitrogens is 1. The molecule has 0 radical (unpaired) electrons. The molecule has 0 atom stereocenters. The first kappa shape index (κ1) is 14.4. The van der Waals surface area contributed by atoms with Crippen LogP contribution in [0.2, 0.25) is 15.1 Å². The molecule has 0 aliphatic rings. The van der Waals surface area contributed by atoms with Crippen LogP contribution >= 0.6 is 34.8 Å². The lowest BCUT2D eigenvalue weighted by molar-refractivity contribution is -0.137. The van der Waals surface area contributed by atoms with Crippen LogP contribution < -0.4 is 0 Å². The van der Waals surface area contributed by atoms with Crippen LogP contribution in [-0.4, -0.2) is 4.98 Å². The van der Waals surface area contributed by atoms with Gasteiger partial charge >= 0.3 is 6.18 Å². The van der Waals surface area contributed by atoms with Gasteiger partial charge in [-0.15, -0.1) is 0 Å². The predicted molar refractivity (Wildman–Crippen MR) is 69.7 cm³/mol. The number of halogens is 6. The number of pyridine rings is 1. The van der Waals surface area contributed by atoms with E-state index in [4.69, 9.17) is 34.8 Å². The second kappa shape index (κ2) is 5.19. The van der Waals surface area contributed by atoms with Crippen molar-refractivity contribution in [2.75, 3.05) is 0 Å². The fraction of sp³-hybridized carbons (Fsp3) is 0.0833. The highest BCUT2D eigenvalue weighted by Gasteiger charge is 2.30. The second-order valence-electron chi connectivity index (χ2n) is 3.68. The Bertz CT molecular complexity index is 609. The Morgan fingerprint density at radius 2 is 1.53 bits per heavy atom. The molecule has 1 aromatic carbocycles. The molecular weight excluding hydrogens is 321 g/mol. The molecule has 0 saturated carbocycles. The van der Waals surface area contributed by atoms with Crippen LogP contribution in [0.5, 0.6) is 0 Å². The Morgan fingerprint density at radius 3 is 2.05 bits per heavy atom. The quantitative estimate of drug-likeness (QED) is 0.610. The predicted octanol–water partition coefficient (Wildman–Crippen LogP) is 5.73. The van der Waals surface area contributed by atoms with E-state index in [0.29, 0.717) is 5.56 Å². The molecule has 19 heavy (non-hydrogen) atoms. The SMILES string of the molecule is FC(F)(F)c1ccc(-c2cc(Cl)c(Cl)cc2Cl)nc1. The zero-order valence-corrected chi connectivity index (χ0v) is 11.4. The highest BCUT2D eigenvalue weighted by atomic mass is 35.5. The maximum atomic E-state index is 12.4. The largest absolute Gasteiger partial charge is 0.417 e. The van der Waals surface area contributed by atoms with Crippen molar-refractivity contribution in [2.45, 2.75) is 6.18 Å². The van der Waals surface area contributed by atoms with Crippen LogP contribution in [0.1, 0.15) is 5.56 Å². The Balaban J connectivity index is 2.46. The van der Waals surface area contributed by atoms with Crippen LogP contribution in [0.4, 0.5) is 13.2 Å². The summed E-state index contributed by atoms with van der Waals surface area (Å²) in [4.78, 5) is 3.74. The van der Waals surface area contributed by atoms with Gasteiger partial charge in [-0.3, -0.25) is 4.98 Å². The molecule has 0 N–H and O–H groups in total. The zero-order valence-electron chi connectivity index (χ0n) is 9.10. The summed E-state index contributed by atoms with van der Waals surface area (Å²) in [5.74, 6) is 0. The lowest BCUT2D eigenvalue weighted by atomic mass is 10.1. The van der Waals surface area contributed by atoms with E-state index in [1.165, 1.54) is 18.2 Å². The van der Waals surface area contributed by atoms with Crippen molar-refractivity contribution < 1.29 is 13.2 Å². The summed E-state index contributed by atoms with van der Waals surface area (Å²) < 4.78 is 37.2. The summed E-state index contributed by atoms with van der Waals surface area (Å²) in [7, 11) is 0. The fourth-order valence-electron chi connectivity index (χ4n) is 1.44. The zero-order chi connectivity index (χ0) is 14.2. The number of nitrogens with zero attached hydrogens (tertiary/aromatic N) is 1. The maximum absolute atomic E-state index is 12.4. The average molecular weight is 327 g/mol. The van der Waals surface area contributed by atoms with E-state index in [-0.39, 0.29) is 20.8 Å². The fourth-order valence-corrected chi connectivity index (χ4v) is 2.08. The number of rotatable bonds is 1. The molecule has 0 aliphatic carbocycles. The van der Waals surface area contributed by atoms with E-state index in [9.17, 15) is 13.2 Å². The minimum absolute atomic E-state index is 0.253. The lowest BCUT2D eigenvalue weighted by Gasteiger charge is -2.09. The molecule has 0 amide bonds. The topological polar surface area (TPSA) is 12.9 Å². The first-order valence-corrected chi connectivity index (χ1v) is 6.10. The van der Waals surface area contributed by atoms with Crippen molar-refractivity contribution in [2.24, 2.45) is 0 Å². The minimum atomic E-state index is -4.42. The molecule has 7 heteroatoms. The van der Waals surface area contributed by atoms with Gasteiger partial charge in [0.05, 0.1) is 26.3 Å². The average Bonchev–Trinajstić information content (AvgIpc) is 2.33. The molecule has 0 saturated heterocycles. The van der Waals surface area contributed by atoms with Crippen LogP contribution in [0.15, 0.2) is 30.5 Å². The summed E-state index contributed by atoms with van der Waals surface area (Å²) in [6, 6.07) is 5.04. The highest BCUT2D eigenvalue weighted by molar-refractivity contribution is 6.44. The molecule has 2 aromatic rings. The highest BCUT2D eigenvalue weighted by Crippen LogP contribution is 2.35. The van der Waals surface area contributed by atoms with E-state index in [2.05, 4.69) is 4.98 Å². The van der Waals surface area contributed by atoms with Crippen LogP contribution in [0.25, 0.3) is 11.3 Å². The van der Waals surface area contributed by atoms with Gasteiger partial charge in [-0.05, 0) is 24.3 Å². The van der Waals surface area contributed by atoms with E-state index in [1.807, 2.05) is 0 Å². The van der Waals surface area contributed by atoms with Gasteiger partial charge in [0.2, 0.25) is 0 Å². The van der Waals surface area contributed by atoms with Gasteiger partial charge < -0.3 is 0 Å². The Kier molecular flexibility index (Phi) is 3.95. The monoisotopic (exact) mass is 325 g/mol. The van der Waals surface area contributed by atoms with Gasteiger partial charge in [0.15, 0.2) is 0 Å². The standard InChI is InChI=1S/C12H5Cl3F3N/c13-8-4-10(15)9(14)3-7(8)11-2-1-6(5-19-11)12(16,17)18/h1-5H. The van der Waals surface area contributed by atoms with Crippen molar-refractivity contribution in [1.29, 1.82) is 0 Å². The first-order valence-electron chi connectivity index (χ1n) is 4.97. The molecule has 0 aliphatic heterocycles. The number of alkyl halides is 3. The number of hydrogen-bond donors (Lipinski definition) is 0. The second-order valence-corrected chi connectivity index (χ2v) is 4.90. The van der Waals surface area contributed by atoms with E-state index in [0.717, 1.165) is 12.3 Å². The van der Waals surface area contributed by atoms with Gasteiger partial charge in [-0.1, -0.05) is 34.8 Å². The van der Waals surface area contributed by atoms with E-state index >= 15 is 0 Å². The summed E-state index contributed by atoms with van der Waals surface area (Å²) in [6.07, 6.45) is -3.68. The third kappa shape index (κ3) is 3.14. The molecule has 0 spiro atoms. The van der Waals surface area contributed by atoms with E-state index < -0.39 is 11.7 Å². The molecule has 2 rings (SSSR count). The molecular formula is C12H5Cl3F3N. The molecule has 1 aromatic heterocycles. The van der Waals surface area contributed by atoms with E-state index in [1.54, 1.807) is 0 Å². The van der Waals surface area contributed by atoms with Gasteiger partial charge in [0.25, 0.3) is 0 Å². The summed E-state index contributed by atoms with van der Waals surface area (Å²) in [5, 5.41) is 0.784. The third-order valence-electron chi connectivity index (χ3n) is 2.38. The van der Waals surface area contributed by atoms with Gasteiger partial charge in [0, 0.05) is 11.8 Å². The number of hydrogen-bond acceptors (Lipinski definition) is 1. The molecule has 0 unspecified atom stereocenters. The van der Waals surface area contributed by atoms with Crippen molar-refractivity contribution in [3.8, 4) is 11.3 Å². The molecule has 0 bridgehead atoms. The lowest BCUT2D eigenvalue weighted by Crippen LogP contribution is -2.05. The molecule has 0 fully saturated rings. The normalized spacial score (nSPS) is 11.7. The molecule has 100 valence electrons.